The van der Waals surface area contributed by atoms with Crippen LogP contribution in [0.5, 0.6) is 0 Å². The quantitative estimate of drug-likeness (QED) is 0.811. The van der Waals surface area contributed by atoms with Crippen LogP contribution in [0.4, 0.5) is 0 Å². The Hall–Kier alpha value is -1.35. The van der Waals surface area contributed by atoms with Gasteiger partial charge in [-0.2, -0.15) is 0 Å². The van der Waals surface area contributed by atoms with E-state index in [1.165, 1.54) is 5.56 Å². The fourth-order valence-corrected chi connectivity index (χ4v) is 2.23. The van der Waals surface area contributed by atoms with Crippen LogP contribution in [0.3, 0.4) is 0 Å². The molecular formula is C14H20N2O. The van der Waals surface area contributed by atoms with Crippen molar-refractivity contribution in [2.24, 2.45) is 11.7 Å². The normalized spacial score (nSPS) is 24.1. The van der Waals surface area contributed by atoms with Crippen molar-refractivity contribution < 1.29 is 4.79 Å². The summed E-state index contributed by atoms with van der Waals surface area (Å²) in [6.45, 7) is 2.62. The van der Waals surface area contributed by atoms with Gasteiger partial charge in [-0.15, -0.1) is 0 Å². The molecule has 0 radical (unpaired) electrons. The van der Waals surface area contributed by atoms with Crippen LogP contribution in [-0.2, 0) is 4.79 Å². The Kier molecular flexibility index (Phi) is 3.79. The Bertz CT molecular complexity index is 377. The number of nitrogens with one attached hydrogen (secondary N) is 1. The minimum Gasteiger partial charge on any atom is -0.353 e. The van der Waals surface area contributed by atoms with Crippen molar-refractivity contribution in [3.63, 3.8) is 0 Å². The third kappa shape index (κ3) is 3.07. The highest BCUT2D eigenvalue weighted by atomic mass is 16.2. The second-order valence-corrected chi connectivity index (χ2v) is 4.85. The number of hydrogen-bond acceptors (Lipinski definition) is 2. The molecule has 1 aromatic carbocycles. The van der Waals surface area contributed by atoms with Crippen molar-refractivity contribution in [2.75, 3.05) is 6.54 Å². The zero-order valence-corrected chi connectivity index (χ0v) is 10.2. The van der Waals surface area contributed by atoms with Gasteiger partial charge in [-0.25, -0.2) is 0 Å². The highest BCUT2D eigenvalue weighted by Crippen LogP contribution is 2.47. The average molecular weight is 232 g/mol. The first-order chi connectivity index (χ1) is 8.22. The summed E-state index contributed by atoms with van der Waals surface area (Å²) in [6, 6.07) is 10.4. The average Bonchev–Trinajstić information content (AvgIpc) is 3.10. The molecule has 3 unspecified atom stereocenters. The first-order valence-electron chi connectivity index (χ1n) is 6.27. The van der Waals surface area contributed by atoms with Gasteiger partial charge in [0.25, 0.3) is 0 Å². The molecule has 0 saturated heterocycles. The Morgan fingerprint density at radius 3 is 2.82 bits per heavy atom. The third-order valence-corrected chi connectivity index (χ3v) is 3.34. The molecular weight excluding hydrogens is 212 g/mol. The number of benzene rings is 1. The Labute approximate surface area is 102 Å². The van der Waals surface area contributed by atoms with Crippen LogP contribution in [0, 0.1) is 5.92 Å². The molecule has 3 N–H and O–H groups in total. The van der Waals surface area contributed by atoms with Crippen molar-refractivity contribution >= 4 is 5.91 Å². The summed E-state index contributed by atoms with van der Waals surface area (Å²) in [4.78, 5) is 11.9. The van der Waals surface area contributed by atoms with Gasteiger partial charge in [0.05, 0.1) is 0 Å². The van der Waals surface area contributed by atoms with E-state index in [4.69, 9.17) is 5.73 Å². The third-order valence-electron chi connectivity index (χ3n) is 3.34. The second-order valence-electron chi connectivity index (χ2n) is 4.85. The number of nitrogens with two attached hydrogens (primary N) is 1. The second kappa shape index (κ2) is 5.32. The fourth-order valence-electron chi connectivity index (χ4n) is 2.23. The van der Waals surface area contributed by atoms with Crippen LogP contribution in [0.15, 0.2) is 30.3 Å². The van der Waals surface area contributed by atoms with Crippen LogP contribution in [0.25, 0.3) is 0 Å². The number of amides is 1. The lowest BCUT2D eigenvalue weighted by atomic mass is 10.1. The Balaban J connectivity index is 1.84. The molecule has 2 rings (SSSR count). The maximum Gasteiger partial charge on any atom is 0.223 e. The maximum absolute atomic E-state index is 11.9. The Morgan fingerprint density at radius 1 is 1.47 bits per heavy atom. The van der Waals surface area contributed by atoms with Crippen molar-refractivity contribution in [1.82, 2.24) is 5.32 Å². The molecule has 3 heteroatoms. The molecule has 17 heavy (non-hydrogen) atoms. The molecule has 1 amide bonds. The molecule has 0 heterocycles. The van der Waals surface area contributed by atoms with Gasteiger partial charge in [-0.05, 0) is 37.8 Å². The number of carbonyl (C=O) groups is 1. The number of rotatable bonds is 5. The van der Waals surface area contributed by atoms with Gasteiger partial charge in [-0.1, -0.05) is 30.3 Å². The Morgan fingerprint density at radius 2 is 2.18 bits per heavy atom. The highest BCUT2D eigenvalue weighted by molar-refractivity contribution is 5.83. The zero-order chi connectivity index (χ0) is 12.3. The van der Waals surface area contributed by atoms with E-state index < -0.39 is 0 Å². The van der Waals surface area contributed by atoms with E-state index in [9.17, 15) is 4.79 Å². The minimum absolute atomic E-state index is 0.164. The van der Waals surface area contributed by atoms with Crippen molar-refractivity contribution in [3.05, 3.63) is 35.9 Å². The smallest absolute Gasteiger partial charge is 0.223 e. The molecule has 92 valence electrons. The lowest BCUT2D eigenvalue weighted by molar-refractivity contribution is -0.123. The van der Waals surface area contributed by atoms with E-state index in [1.807, 2.05) is 25.1 Å². The summed E-state index contributed by atoms with van der Waals surface area (Å²) in [5.74, 6) is 0.763. The SMILES string of the molecule is CC(CCN)NC(=O)C1CC1c1ccccc1. The summed E-state index contributed by atoms with van der Waals surface area (Å²) in [6.07, 6.45) is 1.82. The largest absolute Gasteiger partial charge is 0.353 e. The van der Waals surface area contributed by atoms with Crippen LogP contribution in [0.2, 0.25) is 0 Å². The van der Waals surface area contributed by atoms with Crippen LogP contribution >= 0.6 is 0 Å². The van der Waals surface area contributed by atoms with Crippen molar-refractivity contribution in [3.8, 4) is 0 Å². The van der Waals surface area contributed by atoms with Crippen LogP contribution in [0.1, 0.15) is 31.2 Å². The van der Waals surface area contributed by atoms with Crippen molar-refractivity contribution in [2.45, 2.75) is 31.7 Å². The summed E-state index contributed by atoms with van der Waals surface area (Å²) in [5.41, 5.74) is 6.74. The lowest BCUT2D eigenvalue weighted by Crippen LogP contribution is -2.35. The molecule has 0 bridgehead atoms. The van der Waals surface area contributed by atoms with E-state index in [-0.39, 0.29) is 17.9 Å². The molecule has 1 fully saturated rings. The molecule has 1 aliphatic rings. The zero-order valence-electron chi connectivity index (χ0n) is 10.2. The van der Waals surface area contributed by atoms with Crippen molar-refractivity contribution in [1.29, 1.82) is 0 Å². The molecule has 1 aliphatic carbocycles. The summed E-state index contributed by atoms with van der Waals surface area (Å²) in [5, 5.41) is 3.02. The molecule has 0 spiro atoms. The number of carbonyl (C=O) groups excluding carboxylic acids is 1. The van der Waals surface area contributed by atoms with Gasteiger partial charge in [-0.3, -0.25) is 4.79 Å². The maximum atomic E-state index is 11.9. The van der Waals surface area contributed by atoms with Gasteiger partial charge >= 0.3 is 0 Å². The molecule has 0 aromatic heterocycles. The highest BCUT2D eigenvalue weighted by Gasteiger charge is 2.43. The summed E-state index contributed by atoms with van der Waals surface area (Å²) >= 11 is 0. The first-order valence-corrected chi connectivity index (χ1v) is 6.27. The summed E-state index contributed by atoms with van der Waals surface area (Å²) in [7, 11) is 0. The summed E-state index contributed by atoms with van der Waals surface area (Å²) < 4.78 is 0. The molecule has 1 saturated carbocycles. The molecule has 3 atom stereocenters. The molecule has 3 nitrogen and oxygen atoms in total. The predicted octanol–water partition coefficient (Wildman–Crippen LogP) is 1.64. The lowest BCUT2D eigenvalue weighted by Gasteiger charge is -2.12. The van der Waals surface area contributed by atoms with Crippen LogP contribution < -0.4 is 11.1 Å². The first kappa shape index (κ1) is 12.1. The van der Waals surface area contributed by atoms with Gasteiger partial charge in [0.2, 0.25) is 5.91 Å². The predicted molar refractivity (Wildman–Crippen MR) is 68.6 cm³/mol. The van der Waals surface area contributed by atoms with Gasteiger partial charge in [0.15, 0.2) is 0 Å². The number of hydrogen-bond donors (Lipinski definition) is 2. The van der Waals surface area contributed by atoms with E-state index >= 15 is 0 Å². The topological polar surface area (TPSA) is 55.1 Å². The molecule has 1 aromatic rings. The van der Waals surface area contributed by atoms with E-state index in [0.717, 1.165) is 12.8 Å². The van der Waals surface area contributed by atoms with Gasteiger partial charge in [0, 0.05) is 12.0 Å². The minimum atomic E-state index is 0.164. The fraction of sp³-hybridized carbons (Fsp3) is 0.500. The van der Waals surface area contributed by atoms with E-state index in [1.54, 1.807) is 0 Å². The van der Waals surface area contributed by atoms with Gasteiger partial charge < -0.3 is 11.1 Å². The van der Waals surface area contributed by atoms with Crippen LogP contribution in [-0.4, -0.2) is 18.5 Å². The molecule has 0 aliphatic heterocycles. The van der Waals surface area contributed by atoms with E-state index in [2.05, 4.69) is 17.4 Å². The monoisotopic (exact) mass is 232 g/mol. The van der Waals surface area contributed by atoms with Gasteiger partial charge in [0.1, 0.15) is 0 Å². The van der Waals surface area contributed by atoms with E-state index in [0.29, 0.717) is 12.5 Å². The standard InChI is InChI=1S/C14H20N2O/c1-10(7-8-15)16-14(17)13-9-12(13)11-5-3-2-4-6-11/h2-6,10,12-13H,7-9,15H2,1H3,(H,16,17).